The van der Waals surface area contributed by atoms with Gasteiger partial charge in [0.25, 0.3) is 0 Å². The van der Waals surface area contributed by atoms with E-state index in [0.717, 1.165) is 5.76 Å². The van der Waals surface area contributed by atoms with Gasteiger partial charge in [-0.25, -0.2) is 0 Å². The molecule has 1 nitrogen and oxygen atoms in total. The van der Waals surface area contributed by atoms with E-state index in [-0.39, 0.29) is 5.41 Å². The van der Waals surface area contributed by atoms with Gasteiger partial charge in [-0.1, -0.05) is 34.6 Å². The molecule has 0 aromatic rings. The van der Waals surface area contributed by atoms with Gasteiger partial charge in [-0.05, 0) is 31.6 Å². The van der Waals surface area contributed by atoms with Gasteiger partial charge in [-0.2, -0.15) is 0 Å². The van der Waals surface area contributed by atoms with Gasteiger partial charge in [0.2, 0.25) is 8.32 Å². The molecule has 0 radical (unpaired) electrons. The van der Waals surface area contributed by atoms with Crippen molar-refractivity contribution in [3.8, 4) is 0 Å². The van der Waals surface area contributed by atoms with Crippen LogP contribution in [-0.2, 0) is 4.43 Å². The van der Waals surface area contributed by atoms with E-state index in [0.29, 0.717) is 5.92 Å². The first kappa shape index (κ1) is 13.8. The van der Waals surface area contributed by atoms with E-state index < -0.39 is 8.32 Å². The second kappa shape index (κ2) is 4.52. The molecule has 0 N–H and O–H groups in total. The van der Waals surface area contributed by atoms with Crippen LogP contribution in [0.4, 0.5) is 0 Å². The van der Waals surface area contributed by atoms with Crippen molar-refractivity contribution >= 4 is 8.32 Å². The van der Waals surface area contributed by atoms with Crippen LogP contribution in [0.3, 0.4) is 0 Å². The summed E-state index contributed by atoms with van der Waals surface area (Å²) in [6.07, 6.45) is 2.25. The minimum absolute atomic E-state index is 0.130. The predicted octanol–water partition coefficient (Wildman–Crippen LogP) is 4.42. The zero-order chi connectivity index (χ0) is 11.6. The molecule has 0 unspecified atom stereocenters. The lowest BCUT2D eigenvalue weighted by atomic mass is 9.92. The number of hydrogen-bond acceptors (Lipinski definition) is 1. The van der Waals surface area contributed by atoms with Gasteiger partial charge >= 0.3 is 0 Å². The van der Waals surface area contributed by atoms with Crippen LogP contribution in [0.25, 0.3) is 0 Å². The van der Waals surface area contributed by atoms with Crippen molar-refractivity contribution in [3.63, 3.8) is 0 Å². The maximum absolute atomic E-state index is 6.11. The summed E-state index contributed by atoms with van der Waals surface area (Å²) in [4.78, 5) is 0. The van der Waals surface area contributed by atoms with Gasteiger partial charge in [-0.3, -0.25) is 0 Å². The van der Waals surface area contributed by atoms with Crippen LogP contribution in [-0.4, -0.2) is 8.32 Å². The first-order chi connectivity index (χ1) is 6.02. The Bertz CT molecular complexity index is 203. The molecule has 0 spiro atoms. The first-order valence-electron chi connectivity index (χ1n) is 5.43. The Hall–Kier alpha value is -0.243. The van der Waals surface area contributed by atoms with Gasteiger partial charge in [-0.15, -0.1) is 0 Å². The molecule has 0 aliphatic heterocycles. The third kappa shape index (κ3) is 6.25. The summed E-state index contributed by atoms with van der Waals surface area (Å²) in [5, 5.41) is 0. The van der Waals surface area contributed by atoms with Gasteiger partial charge in [0.05, 0.1) is 5.76 Å². The Balaban J connectivity index is 4.77. The molecule has 0 saturated carbocycles. The zero-order valence-corrected chi connectivity index (χ0v) is 12.1. The molecule has 0 rings (SSSR count). The molecule has 0 aliphatic carbocycles. The SMILES string of the molecule is CC(C)/C=C(/O[Si](C)(C)C)C(C)(C)C. The van der Waals surface area contributed by atoms with E-state index >= 15 is 0 Å². The first-order valence-corrected chi connectivity index (χ1v) is 8.84. The molecule has 0 bridgehead atoms. The second-order valence-electron chi connectivity index (χ2n) is 6.24. The Labute approximate surface area is 90.7 Å². The van der Waals surface area contributed by atoms with E-state index in [2.05, 4.69) is 60.3 Å². The van der Waals surface area contributed by atoms with Gasteiger partial charge < -0.3 is 4.43 Å². The number of hydrogen-bond donors (Lipinski definition) is 0. The summed E-state index contributed by atoms with van der Waals surface area (Å²) in [7, 11) is -1.47. The largest absolute Gasteiger partial charge is 0.547 e. The monoisotopic (exact) mass is 214 g/mol. The van der Waals surface area contributed by atoms with Crippen LogP contribution in [0, 0.1) is 11.3 Å². The highest BCUT2D eigenvalue weighted by Gasteiger charge is 2.25. The fraction of sp³-hybridized carbons (Fsp3) is 0.833. The fourth-order valence-corrected chi connectivity index (χ4v) is 2.10. The van der Waals surface area contributed by atoms with Crippen molar-refractivity contribution in [2.45, 2.75) is 54.3 Å². The molecular formula is C12H26OSi. The molecule has 0 aliphatic rings. The van der Waals surface area contributed by atoms with Crippen LogP contribution < -0.4 is 0 Å². The number of allylic oxidation sites excluding steroid dienone is 2. The second-order valence-corrected chi connectivity index (χ2v) is 10.7. The molecule has 0 amide bonds. The van der Waals surface area contributed by atoms with Crippen molar-refractivity contribution in [2.75, 3.05) is 0 Å². The summed E-state index contributed by atoms with van der Waals surface area (Å²) in [6, 6.07) is 0. The Kier molecular flexibility index (Phi) is 4.44. The third-order valence-corrected chi connectivity index (χ3v) is 2.47. The molecule has 84 valence electrons. The summed E-state index contributed by atoms with van der Waals surface area (Å²) in [5.41, 5.74) is 0.130. The topological polar surface area (TPSA) is 9.23 Å². The molecule has 0 aromatic carbocycles. The molecule has 0 saturated heterocycles. The molecule has 0 aromatic heterocycles. The van der Waals surface area contributed by atoms with Gasteiger partial charge in [0.1, 0.15) is 0 Å². The summed E-state index contributed by atoms with van der Waals surface area (Å²) >= 11 is 0. The predicted molar refractivity (Wildman–Crippen MR) is 66.8 cm³/mol. The molecular weight excluding hydrogens is 188 g/mol. The summed E-state index contributed by atoms with van der Waals surface area (Å²) in [5.74, 6) is 1.72. The lowest BCUT2D eigenvalue weighted by Crippen LogP contribution is -2.29. The van der Waals surface area contributed by atoms with Gasteiger partial charge in [0.15, 0.2) is 0 Å². The van der Waals surface area contributed by atoms with Crippen LogP contribution in [0.1, 0.15) is 34.6 Å². The van der Waals surface area contributed by atoms with Crippen molar-refractivity contribution in [3.05, 3.63) is 11.8 Å². The highest BCUT2D eigenvalue weighted by Crippen LogP contribution is 2.30. The normalized spacial score (nSPS) is 14.8. The fourth-order valence-electron chi connectivity index (χ4n) is 1.07. The molecule has 14 heavy (non-hydrogen) atoms. The lowest BCUT2D eigenvalue weighted by Gasteiger charge is -2.31. The number of rotatable bonds is 3. The van der Waals surface area contributed by atoms with E-state index in [1.165, 1.54) is 0 Å². The maximum Gasteiger partial charge on any atom is 0.241 e. The van der Waals surface area contributed by atoms with E-state index in [9.17, 15) is 0 Å². The maximum atomic E-state index is 6.11. The minimum Gasteiger partial charge on any atom is -0.547 e. The van der Waals surface area contributed by atoms with Crippen molar-refractivity contribution in [1.29, 1.82) is 0 Å². The average Bonchev–Trinajstić information content (AvgIpc) is 1.78. The average molecular weight is 214 g/mol. The van der Waals surface area contributed by atoms with Crippen LogP contribution >= 0.6 is 0 Å². The summed E-state index contributed by atoms with van der Waals surface area (Å²) < 4.78 is 6.11. The highest BCUT2D eigenvalue weighted by molar-refractivity contribution is 6.70. The van der Waals surface area contributed by atoms with Crippen molar-refractivity contribution in [1.82, 2.24) is 0 Å². The molecule has 0 atom stereocenters. The van der Waals surface area contributed by atoms with Gasteiger partial charge in [0, 0.05) is 5.41 Å². The van der Waals surface area contributed by atoms with Crippen LogP contribution in [0.15, 0.2) is 11.8 Å². The quantitative estimate of drug-likeness (QED) is 0.499. The van der Waals surface area contributed by atoms with E-state index in [4.69, 9.17) is 4.43 Å². The molecule has 0 heterocycles. The van der Waals surface area contributed by atoms with Crippen LogP contribution in [0.2, 0.25) is 19.6 Å². The Morgan fingerprint density at radius 1 is 1.14 bits per heavy atom. The van der Waals surface area contributed by atoms with Crippen molar-refractivity contribution in [2.24, 2.45) is 11.3 Å². The molecule has 0 fully saturated rings. The zero-order valence-electron chi connectivity index (χ0n) is 11.1. The lowest BCUT2D eigenvalue weighted by molar-refractivity contribution is 0.284. The minimum atomic E-state index is -1.47. The standard InChI is InChI=1S/C12H26OSi/c1-10(2)9-11(12(3,4)5)13-14(6,7)8/h9-10H,1-8H3/b11-9+. The Morgan fingerprint density at radius 3 is 1.79 bits per heavy atom. The summed E-state index contributed by atoms with van der Waals surface area (Å²) in [6.45, 7) is 17.7. The highest BCUT2D eigenvalue weighted by atomic mass is 28.4. The van der Waals surface area contributed by atoms with E-state index in [1.54, 1.807) is 0 Å². The third-order valence-electron chi connectivity index (χ3n) is 1.64. The van der Waals surface area contributed by atoms with E-state index in [1.807, 2.05) is 0 Å². The molecule has 2 heteroatoms. The van der Waals surface area contributed by atoms with Crippen molar-refractivity contribution < 1.29 is 4.43 Å². The smallest absolute Gasteiger partial charge is 0.241 e. The Morgan fingerprint density at radius 2 is 1.57 bits per heavy atom. The van der Waals surface area contributed by atoms with Crippen LogP contribution in [0.5, 0.6) is 0 Å².